The second kappa shape index (κ2) is 14.5. The normalized spacial score (nSPS) is 8.29. The van der Waals surface area contributed by atoms with Gasteiger partial charge in [0.1, 0.15) is 5.60 Å². The molecule has 85 valence electrons. The predicted octanol–water partition coefficient (Wildman–Crippen LogP) is -14.2. The summed E-state index contributed by atoms with van der Waals surface area (Å²) in [5, 5.41) is 38.9. The van der Waals surface area contributed by atoms with Crippen LogP contribution >= 0.6 is 0 Å². The van der Waals surface area contributed by atoms with Gasteiger partial charge in [-0.05, 0) is 0 Å². The third-order valence-electron chi connectivity index (χ3n) is 1.25. The fourth-order valence-corrected chi connectivity index (χ4v) is 0.684. The van der Waals surface area contributed by atoms with Crippen LogP contribution in [0.15, 0.2) is 0 Å². The van der Waals surface area contributed by atoms with Gasteiger partial charge in [0.25, 0.3) is 0 Å². The van der Waals surface area contributed by atoms with Crippen molar-refractivity contribution in [1.82, 2.24) is 0 Å². The first-order valence-corrected chi connectivity index (χ1v) is 3.11. The molecule has 0 atom stereocenters. The van der Waals surface area contributed by atoms with E-state index in [4.69, 9.17) is 5.11 Å². The average Bonchev–Trinajstić information content (AvgIpc) is 1.82. The number of hydrogen-bond donors (Lipinski definition) is 1. The topological polar surface area (TPSA) is 141 Å². The Morgan fingerprint density at radius 1 is 0.882 bits per heavy atom. The van der Waals surface area contributed by atoms with E-state index in [1.54, 1.807) is 0 Å². The van der Waals surface area contributed by atoms with E-state index in [2.05, 4.69) is 0 Å². The maximum atomic E-state index is 10.1. The van der Waals surface area contributed by atoms with Crippen molar-refractivity contribution in [3.05, 3.63) is 0 Å². The molecule has 7 nitrogen and oxygen atoms in total. The minimum absolute atomic E-state index is 0. The molecule has 1 radical (unpaired) electrons. The zero-order chi connectivity index (χ0) is 10.6. The summed E-state index contributed by atoms with van der Waals surface area (Å²) in [4.78, 5) is 30.0. The van der Waals surface area contributed by atoms with Gasteiger partial charge in [-0.15, -0.1) is 0 Å². The molecule has 0 amide bonds. The number of aliphatic carboxylic acids is 3. The zero-order valence-electron chi connectivity index (χ0n) is 9.61. The van der Waals surface area contributed by atoms with Crippen LogP contribution in [0.25, 0.3) is 0 Å². The van der Waals surface area contributed by atoms with Crippen LogP contribution in [0.4, 0.5) is 0 Å². The van der Waals surface area contributed by atoms with Crippen molar-refractivity contribution in [2.24, 2.45) is 0 Å². The van der Waals surface area contributed by atoms with Gasteiger partial charge < -0.3 is 34.8 Å². The quantitative estimate of drug-likeness (QED) is 0.477. The van der Waals surface area contributed by atoms with Crippen LogP contribution in [-0.4, -0.2) is 28.6 Å². The molecule has 0 saturated heterocycles. The number of rotatable bonds is 5. The summed E-state index contributed by atoms with van der Waals surface area (Å²) < 4.78 is 0. The standard InChI is InChI=1S/C6H8O7.Ag.3Na/c7-3(8)1-6(13,5(11)12)2-4(9)10;;;;/h13H,1-2H2,(H,7,8)(H,9,10)(H,11,12);;;;/q;;3*+1/p-3. The van der Waals surface area contributed by atoms with Crippen LogP contribution in [-0.2, 0) is 36.8 Å². The van der Waals surface area contributed by atoms with Gasteiger partial charge in [0.15, 0.2) is 0 Å². The Morgan fingerprint density at radius 3 is 1.24 bits per heavy atom. The Morgan fingerprint density at radius 2 is 1.12 bits per heavy atom. The van der Waals surface area contributed by atoms with E-state index in [1.807, 2.05) is 0 Å². The van der Waals surface area contributed by atoms with Gasteiger partial charge in [-0.3, -0.25) is 0 Å². The first-order valence-electron chi connectivity index (χ1n) is 3.11. The predicted molar refractivity (Wildman–Crippen MR) is 29.2 cm³/mol. The van der Waals surface area contributed by atoms with Gasteiger partial charge in [-0.25, -0.2) is 0 Å². The Balaban J connectivity index is -0.000000120. The molecule has 0 aromatic rings. The van der Waals surface area contributed by atoms with E-state index in [0.29, 0.717) is 0 Å². The summed E-state index contributed by atoms with van der Waals surface area (Å²) in [7, 11) is 0. The largest absolute Gasteiger partial charge is 1.00 e. The third-order valence-corrected chi connectivity index (χ3v) is 1.25. The Kier molecular flexibility index (Phi) is 26.9. The molecule has 11 heteroatoms. The molecule has 0 aliphatic rings. The van der Waals surface area contributed by atoms with Crippen molar-refractivity contribution in [1.29, 1.82) is 0 Å². The average molecular weight is 366 g/mol. The molecule has 0 aromatic heterocycles. The Labute approximate surface area is 179 Å². The molecular weight excluding hydrogens is 361 g/mol. The van der Waals surface area contributed by atoms with Crippen LogP contribution < -0.4 is 104 Å². The second-order valence-electron chi connectivity index (χ2n) is 2.42. The first-order chi connectivity index (χ1) is 5.78. The number of hydrogen-bond acceptors (Lipinski definition) is 7. The van der Waals surface area contributed by atoms with Gasteiger partial charge in [0.2, 0.25) is 0 Å². The summed E-state index contributed by atoms with van der Waals surface area (Å²) in [6, 6.07) is 0. The zero-order valence-corrected chi connectivity index (χ0v) is 17.1. The van der Waals surface area contributed by atoms with E-state index in [0.717, 1.165) is 0 Å². The Bertz CT molecular complexity index is 244. The van der Waals surface area contributed by atoms with Crippen molar-refractivity contribution in [3.63, 3.8) is 0 Å². The molecule has 1 N–H and O–H groups in total. The monoisotopic (exact) mass is 365 g/mol. The molecule has 0 aromatic carbocycles. The summed E-state index contributed by atoms with van der Waals surface area (Å²) in [6.07, 6.45) is -2.72. The van der Waals surface area contributed by atoms with E-state index in [9.17, 15) is 29.7 Å². The van der Waals surface area contributed by atoms with Crippen molar-refractivity contribution in [2.45, 2.75) is 18.4 Å². The second-order valence-corrected chi connectivity index (χ2v) is 2.42. The molecule has 0 fully saturated rings. The number of carboxylic acids is 3. The maximum Gasteiger partial charge on any atom is 1.00 e. The van der Waals surface area contributed by atoms with Crippen LogP contribution in [0.5, 0.6) is 0 Å². The van der Waals surface area contributed by atoms with Gasteiger partial charge in [-0.2, -0.15) is 0 Å². The van der Waals surface area contributed by atoms with Crippen molar-refractivity contribution in [2.75, 3.05) is 0 Å². The maximum absolute atomic E-state index is 10.1. The van der Waals surface area contributed by atoms with E-state index >= 15 is 0 Å². The summed E-state index contributed by atoms with van der Waals surface area (Å²) in [6.45, 7) is 0. The van der Waals surface area contributed by atoms with Crippen molar-refractivity contribution >= 4 is 17.9 Å². The molecule has 0 aliphatic heterocycles. The fourth-order valence-electron chi connectivity index (χ4n) is 0.684. The van der Waals surface area contributed by atoms with Crippen LogP contribution in [0.3, 0.4) is 0 Å². The molecule has 0 saturated carbocycles. The molecular formula is C6H5AgNa3O7. The van der Waals surface area contributed by atoms with Gasteiger partial charge in [0, 0.05) is 47.2 Å². The van der Waals surface area contributed by atoms with E-state index in [-0.39, 0.29) is 111 Å². The Hall–Kier alpha value is 2.11. The molecule has 17 heavy (non-hydrogen) atoms. The molecule has 0 spiro atoms. The number of carbonyl (C=O) groups is 3. The molecule has 0 unspecified atom stereocenters. The summed E-state index contributed by atoms with van der Waals surface area (Å²) >= 11 is 0. The van der Waals surface area contributed by atoms with E-state index < -0.39 is 36.4 Å². The SMILES string of the molecule is O=C([O-])CC(O)(CC(=O)[O-])C(=O)[O-].[Ag].[Na+].[Na+].[Na+]. The van der Waals surface area contributed by atoms with Crippen molar-refractivity contribution < 1.29 is 146 Å². The van der Waals surface area contributed by atoms with Crippen LogP contribution in [0, 0.1) is 0 Å². The first kappa shape index (κ1) is 31.5. The van der Waals surface area contributed by atoms with Gasteiger partial charge >= 0.3 is 88.7 Å². The summed E-state index contributed by atoms with van der Waals surface area (Å²) in [5.74, 6) is -5.98. The number of carboxylic acid groups (broad SMARTS) is 3. The number of aliphatic hydroxyl groups is 1. The summed E-state index contributed by atoms with van der Waals surface area (Å²) in [5.41, 5.74) is -2.97. The van der Waals surface area contributed by atoms with Gasteiger partial charge in [-0.1, -0.05) is 0 Å². The fraction of sp³-hybridized carbons (Fsp3) is 0.500. The molecule has 0 bridgehead atoms. The minimum atomic E-state index is -2.97. The van der Waals surface area contributed by atoms with Crippen LogP contribution in [0.2, 0.25) is 0 Å². The van der Waals surface area contributed by atoms with Gasteiger partial charge in [0.05, 0.1) is 5.97 Å². The number of carbonyl (C=O) groups excluding carboxylic acids is 3. The smallest absolute Gasteiger partial charge is 0.550 e. The minimum Gasteiger partial charge on any atom is -0.550 e. The molecule has 0 rings (SSSR count). The molecule has 0 aliphatic carbocycles. The van der Waals surface area contributed by atoms with E-state index in [1.165, 1.54) is 0 Å². The molecule has 0 heterocycles. The third kappa shape index (κ3) is 14.3. The van der Waals surface area contributed by atoms with Crippen LogP contribution in [0.1, 0.15) is 12.8 Å². The van der Waals surface area contributed by atoms with Crippen molar-refractivity contribution in [3.8, 4) is 0 Å².